The number of nitrogen functional groups attached to an aromatic ring is 4. The summed E-state index contributed by atoms with van der Waals surface area (Å²) in [5.74, 6) is 4.63. The van der Waals surface area contributed by atoms with Crippen molar-refractivity contribution in [3.63, 3.8) is 0 Å². The minimum absolute atomic E-state index is 0.141. The third-order valence-electron chi connectivity index (χ3n) is 21.9. The van der Waals surface area contributed by atoms with Crippen molar-refractivity contribution in [1.29, 1.82) is 0 Å². The van der Waals surface area contributed by atoms with E-state index in [-0.39, 0.29) is 52.6 Å². The number of ether oxygens (including phenoxy) is 2. The highest BCUT2D eigenvalue weighted by molar-refractivity contribution is 6.35. The Labute approximate surface area is 669 Å². The number of rotatable bonds is 12. The van der Waals surface area contributed by atoms with Crippen LogP contribution in [0.5, 0.6) is 11.5 Å². The largest absolute Gasteiger partial charge is 0.454 e. The van der Waals surface area contributed by atoms with Crippen LogP contribution in [0.15, 0.2) is 122 Å². The Balaban J connectivity index is 0.000000120. The van der Waals surface area contributed by atoms with Gasteiger partial charge in [0.25, 0.3) is 23.6 Å². The summed E-state index contributed by atoms with van der Waals surface area (Å²) in [4.78, 5) is 46.5. The van der Waals surface area contributed by atoms with E-state index in [0.29, 0.717) is 125 Å². The lowest BCUT2D eigenvalue weighted by molar-refractivity contribution is 0.174. The fourth-order valence-corrected chi connectivity index (χ4v) is 16.1. The van der Waals surface area contributed by atoms with E-state index < -0.39 is 0 Å². The van der Waals surface area contributed by atoms with Crippen LogP contribution in [0.1, 0.15) is 177 Å². The average Bonchev–Trinajstić information content (AvgIpc) is 1.33. The van der Waals surface area contributed by atoms with Gasteiger partial charge in [0, 0.05) is 85.8 Å². The monoisotopic (exact) mass is 1600 g/mol. The number of pyridine rings is 1. The van der Waals surface area contributed by atoms with Crippen LogP contribution in [0, 0.1) is 0 Å². The molecule has 36 heteroatoms. The molecule has 5 aliphatic rings. The van der Waals surface area contributed by atoms with Crippen molar-refractivity contribution in [2.45, 2.75) is 176 Å². The van der Waals surface area contributed by atoms with Gasteiger partial charge in [-0.05, 0) is 185 Å². The van der Waals surface area contributed by atoms with Gasteiger partial charge in [-0.2, -0.15) is 0 Å². The van der Waals surface area contributed by atoms with Gasteiger partial charge in [-0.25, -0.2) is 49.8 Å². The van der Waals surface area contributed by atoms with E-state index in [1.807, 2.05) is 48.0 Å². The second-order valence-corrected chi connectivity index (χ2v) is 32.3. The summed E-state index contributed by atoms with van der Waals surface area (Å²) in [5.41, 5.74) is 62.2. The zero-order chi connectivity index (χ0) is 79.8. The maximum Gasteiger partial charge on any atom is 0.268 e. The Kier molecular flexibility index (Phi) is 22.1. The first-order valence-corrected chi connectivity index (χ1v) is 38.6. The number of benzene rings is 3. The lowest BCUT2D eigenvalue weighted by Gasteiger charge is -2.34. The van der Waals surface area contributed by atoms with Crippen LogP contribution in [0.4, 0.5) is 23.3 Å². The van der Waals surface area contributed by atoms with E-state index in [1.165, 1.54) is 25.6 Å². The predicted molar refractivity (Wildman–Crippen MR) is 429 cm³/mol. The van der Waals surface area contributed by atoms with Crippen molar-refractivity contribution >= 4 is 69.1 Å². The molecule has 114 heavy (non-hydrogen) atoms. The standard InChI is InChI=1S/C21H24N8O.C20H22N6O3.C19H20Cl2N6O.C18H20ClN7O/c1-21(23)7-5-12(6-8-21)16-18(20-28-25-11-30-20)26-17(19(22)27-16)13-3-4-15-14(9-13)24-10-29(15)2;1-20(22)7-5-11(6-8-20)14-16(19-26-23-9-27-19)24-15(18(21)25-14)12-3-2-4-13-17(12)29-10-28-13;1-19(23)4-2-10(3-5-19)14-16(18-27-24-9-28-18)25-15(17(22)26-14)11-6-12(20)8-13(21)7-11;1-18(21)5-2-10(3-6-18)13-15(17-26-23-9-27-17)24-14(16(20)25-13)11-4-7-22-12(19)8-11/h3-4,9-12H,5-8,23H2,1-2H3,(H2,22,27);2-4,9,11H,5-8,10,22H2,1H3,(H2,21,25);6-10H,2-5,23H2,1H3,(H2,22,26);4,7-10H,2-3,5-6,21H2,1H3,(H2,20,25). The molecule has 16 N–H and O–H groups in total. The van der Waals surface area contributed by atoms with E-state index in [1.54, 1.807) is 42.9 Å². The van der Waals surface area contributed by atoms with Crippen molar-refractivity contribution in [3.05, 3.63) is 143 Å². The predicted octanol–water partition coefficient (Wildman–Crippen LogP) is 13.6. The number of para-hydroxylation sites is 1. The normalized spacial score (nSPS) is 22.6. The molecule has 1 aliphatic heterocycles. The van der Waals surface area contributed by atoms with Gasteiger partial charge in [-0.3, -0.25) is 0 Å². The number of aromatic nitrogens is 19. The number of nitrogens with two attached hydrogens (primary N) is 8. The Morgan fingerprint density at radius 1 is 0.404 bits per heavy atom. The van der Waals surface area contributed by atoms with E-state index in [0.717, 1.165) is 153 Å². The topological polar surface area (TPSA) is 516 Å². The fourth-order valence-electron chi connectivity index (χ4n) is 15.4. The van der Waals surface area contributed by atoms with Gasteiger partial charge in [0.15, 0.2) is 17.3 Å². The first-order valence-electron chi connectivity index (χ1n) is 37.5. The van der Waals surface area contributed by atoms with Gasteiger partial charge < -0.3 is 77.6 Å². The summed E-state index contributed by atoms with van der Waals surface area (Å²) < 4.78 is 34.9. The van der Waals surface area contributed by atoms with Crippen LogP contribution >= 0.6 is 34.8 Å². The molecule has 590 valence electrons. The summed E-state index contributed by atoms with van der Waals surface area (Å²) in [6, 6.07) is 20.1. The molecule has 0 spiro atoms. The Morgan fingerprint density at radius 2 is 0.781 bits per heavy atom. The van der Waals surface area contributed by atoms with Crippen LogP contribution in [-0.4, -0.2) is 124 Å². The second kappa shape index (κ2) is 32.3. The molecule has 10 aromatic heterocycles. The molecule has 0 atom stereocenters. The number of halogens is 3. The number of fused-ring (bicyclic) bond motifs is 2. The lowest BCUT2D eigenvalue weighted by Crippen LogP contribution is -2.39. The van der Waals surface area contributed by atoms with E-state index >= 15 is 0 Å². The van der Waals surface area contributed by atoms with Crippen LogP contribution in [0.2, 0.25) is 15.2 Å². The number of nitrogens with zero attached hydrogens (tertiary/aromatic N) is 19. The van der Waals surface area contributed by atoms with Gasteiger partial charge in [0.1, 0.15) is 68.2 Å². The maximum atomic E-state index is 6.39. The molecular formula is C78H86Cl3N27O6. The first-order chi connectivity index (χ1) is 54.7. The van der Waals surface area contributed by atoms with Crippen molar-refractivity contribution < 1.29 is 27.1 Å². The SMILES string of the molecule is CC1(N)CCC(c2nc(N)c(-c3cc(Cl)cc(Cl)c3)nc2-c2nnco2)CC1.CC1(N)CCC(c2nc(N)c(-c3cccc4c3OCO4)nc2-c2nnco2)CC1.CC1(N)CCC(c2nc(N)c(-c3ccnc(Cl)c3)nc2-c2nnco2)CC1.Cn1cnc2cc(-c3nc(-c4nnco4)c(C4CCC(C)(N)CC4)nc3N)ccc21. The summed E-state index contributed by atoms with van der Waals surface area (Å²) in [5, 5.41) is 32.7. The van der Waals surface area contributed by atoms with Gasteiger partial charge in [-0.1, -0.05) is 46.9 Å². The Morgan fingerprint density at radius 3 is 1.17 bits per heavy atom. The molecule has 4 fully saturated rings. The van der Waals surface area contributed by atoms with Crippen LogP contribution in [0.3, 0.4) is 0 Å². The van der Waals surface area contributed by atoms with Gasteiger partial charge in [0.2, 0.25) is 32.4 Å². The molecule has 0 unspecified atom stereocenters. The molecule has 33 nitrogen and oxygen atoms in total. The smallest absolute Gasteiger partial charge is 0.268 e. The summed E-state index contributed by atoms with van der Waals surface area (Å²) in [7, 11) is 1.96. The minimum atomic E-state index is -0.155. The molecule has 0 bridgehead atoms. The van der Waals surface area contributed by atoms with Crippen LogP contribution in [-0.2, 0) is 7.05 Å². The highest BCUT2D eigenvalue weighted by Gasteiger charge is 2.38. The zero-order valence-electron chi connectivity index (χ0n) is 63.3. The van der Waals surface area contributed by atoms with Crippen LogP contribution in [0.25, 0.3) is 102 Å². The van der Waals surface area contributed by atoms with E-state index in [2.05, 4.69) is 83.4 Å². The van der Waals surface area contributed by atoms with E-state index in [9.17, 15) is 0 Å². The second-order valence-electron chi connectivity index (χ2n) is 31.1. The number of anilines is 4. The highest BCUT2D eigenvalue weighted by atomic mass is 35.5. The maximum absolute atomic E-state index is 6.39. The van der Waals surface area contributed by atoms with Gasteiger partial charge >= 0.3 is 0 Å². The first kappa shape index (κ1) is 78.0. The van der Waals surface area contributed by atoms with Crippen molar-refractivity contribution in [1.82, 2.24) is 95.2 Å². The van der Waals surface area contributed by atoms with Gasteiger partial charge in [-0.15, -0.1) is 40.8 Å². The Bertz CT molecular complexity index is 5530. The molecule has 11 heterocycles. The highest BCUT2D eigenvalue weighted by Crippen LogP contribution is 2.48. The molecule has 3 aromatic carbocycles. The quantitative estimate of drug-likeness (QED) is 0.0527. The number of hydrogen-bond acceptors (Lipinski definition) is 32. The third kappa shape index (κ3) is 17.3. The van der Waals surface area contributed by atoms with E-state index in [4.69, 9.17) is 143 Å². The van der Waals surface area contributed by atoms with Crippen molar-refractivity contribution in [2.24, 2.45) is 30.0 Å². The Hall–Kier alpha value is -11.3. The molecule has 0 amide bonds. The molecule has 4 saturated carbocycles. The number of hydrogen-bond donors (Lipinski definition) is 8. The summed E-state index contributed by atoms with van der Waals surface area (Å²) >= 11 is 18.3. The summed E-state index contributed by atoms with van der Waals surface area (Å²) in [6.45, 7) is 8.50. The summed E-state index contributed by atoms with van der Waals surface area (Å²) in [6.07, 6.45) is 23.0. The third-order valence-corrected chi connectivity index (χ3v) is 22.5. The number of imidazole rings is 1. The minimum Gasteiger partial charge on any atom is -0.454 e. The van der Waals surface area contributed by atoms with Gasteiger partial charge in [0.05, 0.1) is 45.7 Å². The lowest BCUT2D eigenvalue weighted by atomic mass is 9.76. The van der Waals surface area contributed by atoms with Crippen molar-refractivity contribution in [2.75, 3.05) is 29.7 Å². The van der Waals surface area contributed by atoms with Crippen molar-refractivity contribution in [3.8, 4) is 103 Å². The van der Waals surface area contributed by atoms with Crippen LogP contribution < -0.4 is 55.3 Å². The average molecular weight is 1600 g/mol. The zero-order valence-corrected chi connectivity index (χ0v) is 65.6. The molecule has 0 radical (unpaired) electrons. The fraction of sp³-hybridized carbons (Fsp3) is 0.385. The molecule has 18 rings (SSSR count). The molecular weight excluding hydrogens is 1520 g/mol. The molecule has 4 aliphatic carbocycles. The molecule has 13 aromatic rings. The number of aryl methyl sites for hydroxylation is 1. The molecule has 0 saturated heterocycles.